The predicted molar refractivity (Wildman–Crippen MR) is 260 cm³/mol. The van der Waals surface area contributed by atoms with Crippen molar-refractivity contribution in [2.75, 3.05) is 6.61 Å². The molecule has 3 unspecified atom stereocenters. The van der Waals surface area contributed by atoms with Crippen molar-refractivity contribution in [2.24, 2.45) is 0 Å². The van der Waals surface area contributed by atoms with Gasteiger partial charge in [0.1, 0.15) is 6.10 Å². The van der Waals surface area contributed by atoms with Gasteiger partial charge in [0.05, 0.1) is 25.2 Å². The van der Waals surface area contributed by atoms with Gasteiger partial charge in [0.25, 0.3) is 0 Å². The van der Waals surface area contributed by atoms with Gasteiger partial charge in [0.2, 0.25) is 5.91 Å². The van der Waals surface area contributed by atoms with E-state index in [9.17, 15) is 19.8 Å². The average Bonchev–Trinajstić information content (AvgIpc) is 3.24. The quantitative estimate of drug-likeness (QED) is 0.0322. The molecule has 0 aliphatic heterocycles. The summed E-state index contributed by atoms with van der Waals surface area (Å²) in [5.41, 5.74) is 0. The third-order valence-electron chi connectivity index (χ3n) is 12.3. The van der Waals surface area contributed by atoms with E-state index in [-0.39, 0.29) is 24.9 Å². The first-order chi connectivity index (χ1) is 29.5. The number of carbonyl (C=O) groups excluding carboxylic acids is 2. The fraction of sp³-hybridized carbons (Fsp3) is 0.889. The van der Waals surface area contributed by atoms with Crippen LogP contribution in [0.1, 0.15) is 284 Å². The molecular formula is C54H103NO5. The number of allylic oxidation sites excluding steroid dienone is 4. The number of amides is 1. The van der Waals surface area contributed by atoms with Gasteiger partial charge in [-0.1, -0.05) is 238 Å². The minimum Gasteiger partial charge on any atom is -0.462 e. The molecule has 0 aliphatic rings. The molecule has 1 amide bonds. The van der Waals surface area contributed by atoms with E-state index in [2.05, 4.69) is 50.4 Å². The van der Waals surface area contributed by atoms with Gasteiger partial charge in [-0.25, -0.2) is 0 Å². The van der Waals surface area contributed by atoms with E-state index in [1.807, 2.05) is 0 Å². The van der Waals surface area contributed by atoms with Crippen LogP contribution in [0.3, 0.4) is 0 Å². The molecule has 0 rings (SSSR count). The number of hydrogen-bond donors (Lipinski definition) is 3. The fourth-order valence-electron chi connectivity index (χ4n) is 8.23. The van der Waals surface area contributed by atoms with Crippen LogP contribution < -0.4 is 5.32 Å². The van der Waals surface area contributed by atoms with E-state index in [1.165, 1.54) is 186 Å². The van der Waals surface area contributed by atoms with Crippen LogP contribution >= 0.6 is 0 Å². The standard InChI is InChI=1S/C54H103NO5/c1-4-7-10-13-16-19-22-24-25-26-27-28-29-30-32-35-38-41-44-47-54(59)60-50(45-42-39-36-33-21-18-15-12-9-6-3)48-53(58)55-51(49-56)52(57)46-43-40-37-34-31-23-20-17-14-11-8-5-2/h16,19,24-25,50-52,56-57H,4-15,17-18,20-23,26-49H2,1-3H3,(H,55,58)/b19-16-,25-24-. The van der Waals surface area contributed by atoms with Crippen LogP contribution in [0.2, 0.25) is 0 Å². The Morgan fingerprint density at radius 1 is 0.483 bits per heavy atom. The Hall–Kier alpha value is -1.66. The van der Waals surface area contributed by atoms with Crippen molar-refractivity contribution < 1.29 is 24.5 Å². The number of rotatable bonds is 48. The monoisotopic (exact) mass is 846 g/mol. The van der Waals surface area contributed by atoms with Gasteiger partial charge >= 0.3 is 5.97 Å². The molecule has 0 aliphatic carbocycles. The molecule has 6 heteroatoms. The predicted octanol–water partition coefficient (Wildman–Crippen LogP) is 15.9. The van der Waals surface area contributed by atoms with E-state index in [0.717, 1.165) is 51.4 Å². The number of carbonyl (C=O) groups is 2. The summed E-state index contributed by atoms with van der Waals surface area (Å²) >= 11 is 0. The largest absolute Gasteiger partial charge is 0.462 e. The third kappa shape index (κ3) is 43.0. The van der Waals surface area contributed by atoms with Gasteiger partial charge in [-0.15, -0.1) is 0 Å². The van der Waals surface area contributed by atoms with Gasteiger partial charge in [0, 0.05) is 6.42 Å². The van der Waals surface area contributed by atoms with Crippen molar-refractivity contribution in [1.29, 1.82) is 0 Å². The van der Waals surface area contributed by atoms with E-state index in [1.54, 1.807) is 0 Å². The molecule has 0 saturated heterocycles. The zero-order valence-electron chi connectivity index (χ0n) is 40.4. The number of hydrogen-bond acceptors (Lipinski definition) is 5. The zero-order valence-corrected chi connectivity index (χ0v) is 40.4. The van der Waals surface area contributed by atoms with Crippen molar-refractivity contribution in [2.45, 2.75) is 302 Å². The Labute approximate surface area is 373 Å². The van der Waals surface area contributed by atoms with E-state index >= 15 is 0 Å². The Kier molecular flexibility index (Phi) is 47.0. The first-order valence-electron chi connectivity index (χ1n) is 26.6. The summed E-state index contributed by atoms with van der Waals surface area (Å²) in [5.74, 6) is -0.465. The molecule has 0 saturated carbocycles. The summed E-state index contributed by atoms with van der Waals surface area (Å²) in [4.78, 5) is 26.1. The Bertz CT molecular complexity index is 950. The first-order valence-corrected chi connectivity index (χ1v) is 26.6. The van der Waals surface area contributed by atoms with Gasteiger partial charge in [0.15, 0.2) is 0 Å². The second-order valence-corrected chi connectivity index (χ2v) is 18.3. The van der Waals surface area contributed by atoms with Crippen LogP contribution in [0.15, 0.2) is 24.3 Å². The highest BCUT2D eigenvalue weighted by atomic mass is 16.5. The van der Waals surface area contributed by atoms with Crippen LogP contribution in [0.5, 0.6) is 0 Å². The smallest absolute Gasteiger partial charge is 0.306 e. The van der Waals surface area contributed by atoms with Crippen LogP contribution in [0.4, 0.5) is 0 Å². The SMILES string of the molecule is CCCCC/C=C\C/C=C\CCCCCCCCCCCC(=O)OC(CCCCCCCCCCCC)CC(=O)NC(CO)C(O)CCCCCCCCCCCCCC. The van der Waals surface area contributed by atoms with E-state index < -0.39 is 18.2 Å². The lowest BCUT2D eigenvalue weighted by Crippen LogP contribution is -2.46. The van der Waals surface area contributed by atoms with Crippen molar-refractivity contribution in [1.82, 2.24) is 5.32 Å². The van der Waals surface area contributed by atoms with Crippen LogP contribution in [-0.2, 0) is 14.3 Å². The Balaban J connectivity index is 4.43. The molecule has 60 heavy (non-hydrogen) atoms. The second kappa shape index (κ2) is 48.4. The molecule has 6 nitrogen and oxygen atoms in total. The second-order valence-electron chi connectivity index (χ2n) is 18.3. The van der Waals surface area contributed by atoms with Gasteiger partial charge in [-0.05, 0) is 57.8 Å². The summed E-state index contributed by atoms with van der Waals surface area (Å²) in [5, 5.41) is 23.7. The molecule has 3 N–H and O–H groups in total. The molecular weight excluding hydrogens is 743 g/mol. The maximum Gasteiger partial charge on any atom is 0.306 e. The minimum absolute atomic E-state index is 0.0812. The third-order valence-corrected chi connectivity index (χ3v) is 12.3. The van der Waals surface area contributed by atoms with Crippen molar-refractivity contribution in [3.63, 3.8) is 0 Å². The van der Waals surface area contributed by atoms with Gasteiger partial charge < -0.3 is 20.3 Å². The molecule has 0 heterocycles. The molecule has 3 atom stereocenters. The Morgan fingerprint density at radius 3 is 1.30 bits per heavy atom. The summed E-state index contributed by atoms with van der Waals surface area (Å²) in [6.07, 6.45) is 55.2. The fourth-order valence-corrected chi connectivity index (χ4v) is 8.23. The topological polar surface area (TPSA) is 95.9 Å². The lowest BCUT2D eigenvalue weighted by Gasteiger charge is -2.24. The summed E-state index contributed by atoms with van der Waals surface area (Å²) < 4.78 is 5.93. The van der Waals surface area contributed by atoms with Crippen LogP contribution in [-0.4, -0.2) is 46.9 Å². The van der Waals surface area contributed by atoms with Crippen molar-refractivity contribution in [3.8, 4) is 0 Å². The van der Waals surface area contributed by atoms with Gasteiger partial charge in [-0.3, -0.25) is 9.59 Å². The number of aliphatic hydroxyl groups excluding tert-OH is 2. The molecule has 0 aromatic rings. The zero-order chi connectivity index (χ0) is 43.8. The average molecular weight is 846 g/mol. The lowest BCUT2D eigenvalue weighted by atomic mass is 10.0. The normalized spacial score (nSPS) is 13.3. The lowest BCUT2D eigenvalue weighted by molar-refractivity contribution is -0.151. The number of ether oxygens (including phenoxy) is 1. The molecule has 0 fully saturated rings. The summed E-state index contributed by atoms with van der Waals surface area (Å²) in [7, 11) is 0. The highest BCUT2D eigenvalue weighted by molar-refractivity contribution is 5.77. The minimum atomic E-state index is -0.783. The number of esters is 1. The van der Waals surface area contributed by atoms with Crippen LogP contribution in [0.25, 0.3) is 0 Å². The van der Waals surface area contributed by atoms with Crippen molar-refractivity contribution >= 4 is 11.9 Å². The van der Waals surface area contributed by atoms with E-state index in [0.29, 0.717) is 19.3 Å². The highest BCUT2D eigenvalue weighted by Crippen LogP contribution is 2.18. The maximum atomic E-state index is 13.2. The van der Waals surface area contributed by atoms with E-state index in [4.69, 9.17) is 4.74 Å². The first kappa shape index (κ1) is 58.3. The molecule has 354 valence electrons. The number of unbranched alkanes of at least 4 members (excludes halogenated alkanes) is 32. The van der Waals surface area contributed by atoms with Gasteiger partial charge in [-0.2, -0.15) is 0 Å². The summed E-state index contributed by atoms with van der Waals surface area (Å²) in [6.45, 7) is 6.46. The number of aliphatic hydroxyl groups is 2. The number of nitrogens with one attached hydrogen (secondary N) is 1. The molecule has 0 radical (unpaired) electrons. The highest BCUT2D eigenvalue weighted by Gasteiger charge is 2.24. The Morgan fingerprint density at radius 2 is 0.850 bits per heavy atom. The van der Waals surface area contributed by atoms with Crippen molar-refractivity contribution in [3.05, 3.63) is 24.3 Å². The van der Waals surface area contributed by atoms with Crippen LogP contribution in [0, 0.1) is 0 Å². The maximum absolute atomic E-state index is 13.2. The molecule has 0 spiro atoms. The summed E-state index contributed by atoms with van der Waals surface area (Å²) in [6, 6.07) is -0.696. The molecule has 0 aromatic carbocycles. The molecule has 0 aromatic heterocycles. The molecule has 0 bridgehead atoms.